The van der Waals surface area contributed by atoms with E-state index in [0.717, 1.165) is 32.7 Å². The first-order valence-corrected chi connectivity index (χ1v) is 15.0. The Hall–Kier alpha value is -0.720. The number of hydrogen-bond acceptors (Lipinski definition) is 5. The molecular formula is C32H75N5. The Kier molecular flexibility index (Phi) is 52.9. The summed E-state index contributed by atoms with van der Waals surface area (Å²) in [5.41, 5.74) is 0. The molecule has 0 saturated carbocycles. The molecule has 0 aliphatic rings. The Morgan fingerprint density at radius 3 is 0.973 bits per heavy atom. The van der Waals surface area contributed by atoms with Gasteiger partial charge < -0.3 is 19.6 Å². The van der Waals surface area contributed by atoms with Crippen LogP contribution in [0.25, 0.3) is 0 Å². The molecule has 0 spiro atoms. The van der Waals surface area contributed by atoms with Crippen molar-refractivity contribution >= 4 is 0 Å². The highest BCUT2D eigenvalue weighted by atomic mass is 15.1. The Balaban J connectivity index is -0.000000126. The fraction of sp³-hybridized carbons (Fsp3) is 0.875. The van der Waals surface area contributed by atoms with Crippen molar-refractivity contribution in [2.24, 2.45) is 0 Å². The van der Waals surface area contributed by atoms with Crippen LogP contribution in [0.1, 0.15) is 86.0 Å². The third-order valence-electron chi connectivity index (χ3n) is 5.38. The largest absolute Gasteiger partial charge is 0.312 e. The van der Waals surface area contributed by atoms with Crippen LogP contribution in [0.3, 0.4) is 0 Å². The molecule has 0 aliphatic carbocycles. The van der Waals surface area contributed by atoms with Gasteiger partial charge in [0.1, 0.15) is 0 Å². The van der Waals surface area contributed by atoms with Gasteiger partial charge in [-0.25, -0.2) is 0 Å². The second-order valence-electron chi connectivity index (χ2n) is 10.4. The number of hydrogen-bond donors (Lipinski definition) is 0. The first kappa shape index (κ1) is 46.2. The molecule has 0 heterocycles. The van der Waals surface area contributed by atoms with E-state index in [1.165, 1.54) is 64.5 Å². The highest BCUT2D eigenvalue weighted by Gasteiger charge is 1.97. The van der Waals surface area contributed by atoms with Crippen LogP contribution in [0.2, 0.25) is 0 Å². The van der Waals surface area contributed by atoms with E-state index in [1.807, 2.05) is 45.2 Å². The van der Waals surface area contributed by atoms with E-state index < -0.39 is 0 Å². The predicted molar refractivity (Wildman–Crippen MR) is 176 cm³/mol. The van der Waals surface area contributed by atoms with E-state index in [2.05, 4.69) is 95.6 Å². The molecule has 0 aliphatic heterocycles. The van der Waals surface area contributed by atoms with E-state index in [4.69, 9.17) is 0 Å². The third kappa shape index (κ3) is 72.1. The maximum absolute atomic E-state index is 3.61. The lowest BCUT2D eigenvalue weighted by Crippen LogP contribution is -2.20. The van der Waals surface area contributed by atoms with Crippen molar-refractivity contribution in [2.45, 2.75) is 86.0 Å². The number of likely N-dealkylation sites (N-methyl/N-ethyl adjacent to an activating group) is 1. The number of nitrogens with zero attached hydrogens (tertiary/aromatic N) is 5. The minimum Gasteiger partial charge on any atom is -0.312 e. The maximum atomic E-state index is 3.61. The van der Waals surface area contributed by atoms with Gasteiger partial charge in [0.25, 0.3) is 0 Å². The molecule has 0 atom stereocenters. The van der Waals surface area contributed by atoms with Crippen LogP contribution in [-0.2, 0) is 0 Å². The minimum absolute atomic E-state index is 0.937. The lowest BCUT2D eigenvalue weighted by molar-refractivity contribution is 0.315. The molecule has 0 fully saturated rings. The quantitative estimate of drug-likeness (QED) is 0.147. The smallest absolute Gasteiger partial charge is 0.0160 e. The second-order valence-corrected chi connectivity index (χ2v) is 10.4. The van der Waals surface area contributed by atoms with Crippen molar-refractivity contribution < 1.29 is 0 Å². The monoisotopic (exact) mass is 530 g/mol. The zero-order chi connectivity index (χ0) is 29.9. The number of unbranched alkanes of at least 4 members (excludes halogenated alkanes) is 6. The molecule has 0 bridgehead atoms. The number of rotatable bonds is 17. The molecule has 0 unspecified atom stereocenters. The van der Waals surface area contributed by atoms with Gasteiger partial charge in [-0.2, -0.15) is 0 Å². The summed E-state index contributed by atoms with van der Waals surface area (Å²) in [6.45, 7) is 26.1. The Morgan fingerprint density at radius 1 is 0.459 bits per heavy atom. The topological polar surface area (TPSA) is 16.2 Å². The van der Waals surface area contributed by atoms with Crippen molar-refractivity contribution in [1.29, 1.82) is 0 Å². The average molecular weight is 530 g/mol. The van der Waals surface area contributed by atoms with Gasteiger partial charge in [-0.3, -0.25) is 4.90 Å². The minimum atomic E-state index is 0.937. The summed E-state index contributed by atoms with van der Waals surface area (Å²) in [6.07, 6.45) is 14.9. The zero-order valence-electron chi connectivity index (χ0n) is 28.4. The highest BCUT2D eigenvalue weighted by molar-refractivity contribution is 4.77. The fourth-order valence-electron chi connectivity index (χ4n) is 2.47. The summed E-state index contributed by atoms with van der Waals surface area (Å²) in [6, 6.07) is 0. The van der Waals surface area contributed by atoms with Crippen LogP contribution < -0.4 is 0 Å². The molecule has 5 heteroatoms. The van der Waals surface area contributed by atoms with Crippen molar-refractivity contribution in [2.75, 3.05) is 102 Å². The van der Waals surface area contributed by atoms with E-state index in [-0.39, 0.29) is 0 Å². The van der Waals surface area contributed by atoms with E-state index in [9.17, 15) is 0 Å². The normalized spacial score (nSPS) is 10.1. The first-order chi connectivity index (χ1) is 17.4. The molecule has 0 aromatic rings. The van der Waals surface area contributed by atoms with Crippen molar-refractivity contribution in [3.05, 3.63) is 25.3 Å². The molecule has 0 aromatic carbocycles. The van der Waals surface area contributed by atoms with Crippen LogP contribution in [-0.4, -0.2) is 127 Å². The Labute approximate surface area is 237 Å². The van der Waals surface area contributed by atoms with Gasteiger partial charge in [0, 0.05) is 13.1 Å². The van der Waals surface area contributed by atoms with Crippen molar-refractivity contribution in [3.8, 4) is 0 Å². The lowest BCUT2D eigenvalue weighted by Gasteiger charge is -2.15. The van der Waals surface area contributed by atoms with Gasteiger partial charge in [-0.05, 0) is 102 Å². The predicted octanol–water partition coefficient (Wildman–Crippen LogP) is 7.07. The fourth-order valence-corrected chi connectivity index (χ4v) is 2.47. The molecule has 0 saturated heterocycles. The van der Waals surface area contributed by atoms with Gasteiger partial charge in [-0.1, -0.05) is 85.3 Å². The summed E-state index contributed by atoms with van der Waals surface area (Å²) in [5.74, 6) is 0. The molecule has 0 N–H and O–H groups in total. The van der Waals surface area contributed by atoms with E-state index in [0.29, 0.717) is 0 Å². The molecule has 0 amide bonds. The van der Waals surface area contributed by atoms with Gasteiger partial charge in [0.2, 0.25) is 0 Å². The van der Waals surface area contributed by atoms with Gasteiger partial charge in [0.05, 0.1) is 0 Å². The van der Waals surface area contributed by atoms with Gasteiger partial charge >= 0.3 is 0 Å². The molecular weight excluding hydrogens is 454 g/mol. The standard InChI is InChI=1S/C13H29N.C7H13N.C5H13N.C4H11N.C3H9N/c1-4-6-8-10-12-14(3)13-11-9-7-5-2;1-4-6-8(3)7-5-2;1-4-6(3)5-2;1-4-5(2)3;1-4(2)3/h4-13H2,1-3H3;4-5H,1-2,6-7H2,3H3;4-5H2,1-3H3;4H2,1-3H3;1-3H3. The summed E-state index contributed by atoms with van der Waals surface area (Å²) in [5, 5.41) is 0. The van der Waals surface area contributed by atoms with Gasteiger partial charge in [0.15, 0.2) is 0 Å². The van der Waals surface area contributed by atoms with Crippen LogP contribution in [0.5, 0.6) is 0 Å². The highest BCUT2D eigenvalue weighted by Crippen LogP contribution is 2.03. The lowest BCUT2D eigenvalue weighted by atomic mass is 10.2. The summed E-state index contributed by atoms with van der Waals surface area (Å²) in [4.78, 5) is 11.0. The van der Waals surface area contributed by atoms with E-state index >= 15 is 0 Å². The molecule has 0 radical (unpaired) electrons. The molecule has 0 aromatic heterocycles. The third-order valence-corrected chi connectivity index (χ3v) is 5.38. The average Bonchev–Trinajstić information content (AvgIpc) is 2.85. The zero-order valence-corrected chi connectivity index (χ0v) is 28.4. The molecule has 228 valence electrons. The maximum Gasteiger partial charge on any atom is 0.0160 e. The molecule has 37 heavy (non-hydrogen) atoms. The van der Waals surface area contributed by atoms with Crippen LogP contribution in [0.4, 0.5) is 0 Å². The second kappa shape index (κ2) is 42.4. The van der Waals surface area contributed by atoms with Crippen LogP contribution in [0.15, 0.2) is 25.3 Å². The van der Waals surface area contributed by atoms with Crippen molar-refractivity contribution in [1.82, 2.24) is 24.5 Å². The summed E-state index contributed by atoms with van der Waals surface area (Å²) in [7, 11) is 16.5. The van der Waals surface area contributed by atoms with E-state index in [1.54, 1.807) is 0 Å². The Bertz CT molecular complexity index is 357. The SMILES string of the molecule is C=CCN(C)CC=C.CCCCCCN(C)CCCCCC.CCN(C)C.CCN(C)CC.CN(C)C. The first-order valence-electron chi connectivity index (χ1n) is 15.0. The van der Waals surface area contributed by atoms with Crippen LogP contribution in [0, 0.1) is 0 Å². The van der Waals surface area contributed by atoms with Crippen molar-refractivity contribution in [3.63, 3.8) is 0 Å². The Morgan fingerprint density at radius 2 is 0.784 bits per heavy atom. The molecule has 5 nitrogen and oxygen atoms in total. The summed E-state index contributed by atoms with van der Waals surface area (Å²) < 4.78 is 0. The summed E-state index contributed by atoms with van der Waals surface area (Å²) >= 11 is 0. The van der Waals surface area contributed by atoms with Crippen LogP contribution >= 0.6 is 0 Å². The molecule has 0 rings (SSSR count). The van der Waals surface area contributed by atoms with Gasteiger partial charge in [-0.15, -0.1) is 13.2 Å².